The number of nitrogens with one attached hydrogen (secondary N) is 1. The lowest BCUT2D eigenvalue weighted by molar-refractivity contribution is 0.0781. The molecule has 3 rings (SSSR count). The van der Waals surface area contributed by atoms with Crippen molar-refractivity contribution >= 4 is 21.6 Å². The zero-order valence-corrected chi connectivity index (χ0v) is 17.5. The molecule has 0 aliphatic carbocycles. The third-order valence-electron chi connectivity index (χ3n) is 4.36. The summed E-state index contributed by atoms with van der Waals surface area (Å²) >= 11 is 0. The van der Waals surface area contributed by atoms with Gasteiger partial charge in [-0.25, -0.2) is 17.2 Å². The number of pyridine rings is 1. The molecule has 0 aliphatic rings. The first-order valence-electron chi connectivity index (χ1n) is 9.01. The Morgan fingerprint density at radius 2 is 1.84 bits per heavy atom. The van der Waals surface area contributed by atoms with Gasteiger partial charge >= 0.3 is 0 Å². The van der Waals surface area contributed by atoms with E-state index < -0.39 is 27.6 Å². The lowest BCUT2D eigenvalue weighted by atomic mass is 10.1. The summed E-state index contributed by atoms with van der Waals surface area (Å²) in [5.74, 6) is -2.27. The Bertz CT molecular complexity index is 1220. The third-order valence-corrected chi connectivity index (χ3v) is 5.80. The molecular formula is C21H19F2N3O4S. The molecule has 2 aromatic carbocycles. The number of rotatable bonds is 7. The van der Waals surface area contributed by atoms with Gasteiger partial charge in [-0.05, 0) is 29.8 Å². The van der Waals surface area contributed by atoms with Crippen molar-refractivity contribution in [3.63, 3.8) is 0 Å². The second-order valence-electron chi connectivity index (χ2n) is 6.62. The van der Waals surface area contributed by atoms with Crippen LogP contribution in [0, 0.1) is 11.6 Å². The molecular weight excluding hydrogens is 428 g/mol. The Kier molecular flexibility index (Phi) is 6.50. The first-order chi connectivity index (χ1) is 14.7. The van der Waals surface area contributed by atoms with Gasteiger partial charge in [0.25, 0.3) is 15.9 Å². The van der Waals surface area contributed by atoms with E-state index in [1.165, 1.54) is 67.8 Å². The average Bonchev–Trinajstić information content (AvgIpc) is 2.75. The van der Waals surface area contributed by atoms with E-state index in [1.54, 1.807) is 0 Å². The van der Waals surface area contributed by atoms with Gasteiger partial charge in [-0.1, -0.05) is 18.2 Å². The summed E-state index contributed by atoms with van der Waals surface area (Å²) in [7, 11) is -1.28. The van der Waals surface area contributed by atoms with Gasteiger partial charge in [0.15, 0.2) is 11.6 Å². The van der Waals surface area contributed by atoms with Crippen LogP contribution in [0.3, 0.4) is 0 Å². The fourth-order valence-corrected chi connectivity index (χ4v) is 4.10. The maximum atomic E-state index is 13.5. The van der Waals surface area contributed by atoms with E-state index in [1.807, 2.05) is 0 Å². The lowest BCUT2D eigenvalue weighted by Gasteiger charge is -2.19. The summed E-state index contributed by atoms with van der Waals surface area (Å²) < 4.78 is 59.9. The molecule has 31 heavy (non-hydrogen) atoms. The molecule has 10 heteroatoms. The molecule has 1 aromatic heterocycles. The van der Waals surface area contributed by atoms with E-state index >= 15 is 0 Å². The molecule has 0 saturated heterocycles. The van der Waals surface area contributed by atoms with Crippen LogP contribution in [0.25, 0.3) is 0 Å². The third kappa shape index (κ3) is 5.15. The maximum Gasteiger partial charge on any atom is 0.262 e. The quantitative estimate of drug-likeness (QED) is 0.600. The number of methoxy groups -OCH3 is 1. The minimum atomic E-state index is -4.14. The Balaban J connectivity index is 1.87. The fourth-order valence-electron chi connectivity index (χ4n) is 2.86. The van der Waals surface area contributed by atoms with Crippen LogP contribution >= 0.6 is 0 Å². The summed E-state index contributed by atoms with van der Waals surface area (Å²) in [5.41, 5.74) is 0.448. The summed E-state index contributed by atoms with van der Waals surface area (Å²) in [6, 6.07) is 10.4. The number of carbonyl (C=O) groups is 1. The number of anilines is 1. The van der Waals surface area contributed by atoms with Crippen LogP contribution in [0.1, 0.15) is 15.9 Å². The Hall–Kier alpha value is -3.53. The normalized spacial score (nSPS) is 11.1. The highest BCUT2D eigenvalue weighted by Gasteiger charge is 2.24. The number of nitrogens with zero attached hydrogens (tertiary/aromatic N) is 2. The predicted molar refractivity (Wildman–Crippen MR) is 110 cm³/mol. The van der Waals surface area contributed by atoms with E-state index in [4.69, 9.17) is 4.74 Å². The van der Waals surface area contributed by atoms with Crippen molar-refractivity contribution in [3.05, 3.63) is 83.7 Å². The van der Waals surface area contributed by atoms with Crippen LogP contribution in [0.15, 0.2) is 65.8 Å². The molecule has 1 heterocycles. The van der Waals surface area contributed by atoms with E-state index in [9.17, 15) is 22.0 Å². The zero-order chi connectivity index (χ0) is 22.6. The summed E-state index contributed by atoms with van der Waals surface area (Å²) in [5, 5.41) is 0. The molecule has 0 aliphatic heterocycles. The number of ether oxygens (including phenoxy) is 1. The molecule has 3 aromatic rings. The summed E-state index contributed by atoms with van der Waals surface area (Å²) in [6.45, 7) is -0.0440. The van der Waals surface area contributed by atoms with Gasteiger partial charge in [0, 0.05) is 19.7 Å². The van der Waals surface area contributed by atoms with Crippen molar-refractivity contribution in [2.75, 3.05) is 18.9 Å². The van der Waals surface area contributed by atoms with Crippen LogP contribution in [-0.4, -0.2) is 38.4 Å². The fraction of sp³-hybridized carbons (Fsp3) is 0.143. The number of aromatic nitrogens is 1. The standard InChI is InChI=1S/C21H19F2N3O4S/c1-26(13-14-7-8-18(22)19(23)9-14)21(27)17-5-3-4-6-20(17)31(28,29)25-15-10-16(30-2)12-24-11-15/h3-12,25H,13H2,1-2H3. The van der Waals surface area contributed by atoms with Crippen molar-refractivity contribution in [2.24, 2.45) is 0 Å². The van der Waals surface area contributed by atoms with Gasteiger partial charge in [0.2, 0.25) is 0 Å². The van der Waals surface area contributed by atoms with E-state index in [0.29, 0.717) is 11.3 Å². The Labute approximate surface area is 178 Å². The number of hydrogen-bond acceptors (Lipinski definition) is 5. The molecule has 7 nitrogen and oxygen atoms in total. The van der Waals surface area contributed by atoms with Gasteiger partial charge in [0.05, 0.1) is 30.8 Å². The zero-order valence-electron chi connectivity index (χ0n) is 16.7. The van der Waals surface area contributed by atoms with E-state index in [0.717, 1.165) is 12.1 Å². The van der Waals surface area contributed by atoms with Crippen molar-refractivity contribution in [1.82, 2.24) is 9.88 Å². The van der Waals surface area contributed by atoms with Crippen LogP contribution in [-0.2, 0) is 16.6 Å². The first kappa shape index (κ1) is 22.2. The molecule has 1 amide bonds. The van der Waals surface area contributed by atoms with Gasteiger partial charge in [-0.2, -0.15) is 0 Å². The number of sulfonamides is 1. The first-order valence-corrected chi connectivity index (χ1v) is 10.5. The molecule has 1 N–H and O–H groups in total. The van der Waals surface area contributed by atoms with Gasteiger partial charge in [-0.15, -0.1) is 0 Å². The van der Waals surface area contributed by atoms with Crippen molar-refractivity contribution in [2.45, 2.75) is 11.4 Å². The van der Waals surface area contributed by atoms with Gasteiger partial charge < -0.3 is 9.64 Å². The molecule has 0 unspecified atom stereocenters. The minimum Gasteiger partial charge on any atom is -0.495 e. The number of hydrogen-bond donors (Lipinski definition) is 1. The monoisotopic (exact) mass is 447 g/mol. The molecule has 0 fully saturated rings. The van der Waals surface area contributed by atoms with Crippen molar-refractivity contribution < 1.29 is 26.7 Å². The SMILES string of the molecule is COc1cncc(NS(=O)(=O)c2ccccc2C(=O)N(C)Cc2ccc(F)c(F)c2)c1. The smallest absolute Gasteiger partial charge is 0.262 e. The maximum absolute atomic E-state index is 13.5. The van der Waals surface area contributed by atoms with Crippen molar-refractivity contribution in [3.8, 4) is 5.75 Å². The van der Waals surface area contributed by atoms with Crippen LogP contribution in [0.4, 0.5) is 14.5 Å². The molecule has 0 bridgehead atoms. The molecule has 0 atom stereocenters. The Morgan fingerprint density at radius 3 is 2.55 bits per heavy atom. The number of carbonyl (C=O) groups excluding carboxylic acids is 1. The highest BCUT2D eigenvalue weighted by Crippen LogP contribution is 2.23. The predicted octanol–water partition coefficient (Wildman–Crippen LogP) is 3.44. The summed E-state index contributed by atoms with van der Waals surface area (Å²) in [4.78, 5) is 17.8. The van der Waals surface area contributed by atoms with Gasteiger partial charge in [-0.3, -0.25) is 14.5 Å². The number of amides is 1. The average molecular weight is 447 g/mol. The summed E-state index contributed by atoms with van der Waals surface area (Å²) in [6.07, 6.45) is 2.72. The minimum absolute atomic E-state index is 0.0440. The molecule has 162 valence electrons. The molecule has 0 spiro atoms. The Morgan fingerprint density at radius 1 is 1.10 bits per heavy atom. The number of halogens is 2. The second kappa shape index (κ2) is 9.09. The molecule has 0 radical (unpaired) electrons. The number of benzene rings is 2. The topological polar surface area (TPSA) is 88.6 Å². The van der Waals surface area contributed by atoms with Crippen LogP contribution in [0.5, 0.6) is 5.75 Å². The lowest BCUT2D eigenvalue weighted by Crippen LogP contribution is -2.28. The highest BCUT2D eigenvalue weighted by molar-refractivity contribution is 7.92. The second-order valence-corrected chi connectivity index (χ2v) is 8.28. The van der Waals surface area contributed by atoms with Crippen LogP contribution in [0.2, 0.25) is 0 Å². The van der Waals surface area contributed by atoms with Crippen LogP contribution < -0.4 is 9.46 Å². The highest BCUT2D eigenvalue weighted by atomic mass is 32.2. The van der Waals surface area contributed by atoms with E-state index in [-0.39, 0.29) is 22.7 Å². The van der Waals surface area contributed by atoms with Gasteiger partial charge in [0.1, 0.15) is 10.6 Å². The van der Waals surface area contributed by atoms with E-state index in [2.05, 4.69) is 9.71 Å². The van der Waals surface area contributed by atoms with Crippen molar-refractivity contribution in [1.29, 1.82) is 0 Å². The molecule has 0 saturated carbocycles. The largest absolute Gasteiger partial charge is 0.495 e.